The number of carbonyl (C=O) groups excluding carboxylic acids is 3. The third kappa shape index (κ3) is 4.91. The number of hydrogen-bond donors (Lipinski definition) is 1. The molecule has 0 heterocycles. The van der Waals surface area contributed by atoms with Crippen molar-refractivity contribution in [3.8, 4) is 0 Å². The van der Waals surface area contributed by atoms with Gasteiger partial charge in [0.1, 0.15) is 25.4 Å². The van der Waals surface area contributed by atoms with Crippen LogP contribution in [0, 0.1) is 23.2 Å². The molecule has 0 aromatic rings. The van der Waals surface area contributed by atoms with Crippen molar-refractivity contribution in [2.75, 3.05) is 26.9 Å². The summed E-state index contributed by atoms with van der Waals surface area (Å²) < 4.78 is 46.4. The van der Waals surface area contributed by atoms with E-state index in [0.717, 1.165) is 12.8 Å². The first-order valence-corrected chi connectivity index (χ1v) is 10.1. The van der Waals surface area contributed by atoms with E-state index in [4.69, 9.17) is 14.2 Å². The third-order valence-electron chi connectivity index (χ3n) is 6.39. The van der Waals surface area contributed by atoms with Crippen LogP contribution in [0.3, 0.4) is 0 Å². The largest absolute Gasteiger partial charge is 0.467 e. The molecule has 0 spiro atoms. The minimum absolute atomic E-state index is 0.150. The average Bonchev–Trinajstić information content (AvgIpc) is 2.67. The van der Waals surface area contributed by atoms with Crippen molar-refractivity contribution in [2.24, 2.45) is 23.2 Å². The van der Waals surface area contributed by atoms with Gasteiger partial charge in [-0.3, -0.25) is 4.79 Å². The second-order valence-corrected chi connectivity index (χ2v) is 8.85. The lowest BCUT2D eigenvalue weighted by molar-refractivity contribution is -0.208. The van der Waals surface area contributed by atoms with E-state index in [1.165, 1.54) is 7.11 Å². The molecule has 0 aromatic heterocycles. The molecule has 0 radical (unpaired) electrons. The molecule has 170 valence electrons. The standard InChI is InChI=1S/C20H28F2O8/c1-19(21,22)17(25)30-16-12-3-11-4-13(16)7-20(5-11,6-12)18(26)29-9-14(23)8-28-10-15(24)27-2/h11-14,16,23H,3-10H2,1-2H3. The lowest BCUT2D eigenvalue weighted by atomic mass is 9.48. The molecule has 4 fully saturated rings. The maximum absolute atomic E-state index is 13.3. The molecule has 3 atom stereocenters. The molecular formula is C20H28F2O8. The van der Waals surface area contributed by atoms with Crippen LogP contribution < -0.4 is 0 Å². The van der Waals surface area contributed by atoms with Crippen molar-refractivity contribution in [3.63, 3.8) is 0 Å². The van der Waals surface area contributed by atoms with E-state index >= 15 is 0 Å². The number of carbonyl (C=O) groups is 3. The Morgan fingerprint density at radius 2 is 1.77 bits per heavy atom. The Morgan fingerprint density at radius 1 is 1.13 bits per heavy atom. The lowest BCUT2D eigenvalue weighted by Crippen LogP contribution is -2.58. The van der Waals surface area contributed by atoms with Gasteiger partial charge in [0.25, 0.3) is 0 Å². The molecule has 0 aromatic carbocycles. The van der Waals surface area contributed by atoms with E-state index in [2.05, 4.69) is 4.74 Å². The molecule has 0 aliphatic heterocycles. The summed E-state index contributed by atoms with van der Waals surface area (Å²) in [4.78, 5) is 35.5. The van der Waals surface area contributed by atoms with Gasteiger partial charge in [0.15, 0.2) is 0 Å². The number of halogens is 2. The zero-order chi connectivity index (χ0) is 22.1. The molecule has 1 N–H and O–H groups in total. The van der Waals surface area contributed by atoms with Gasteiger partial charge < -0.3 is 24.1 Å². The lowest BCUT2D eigenvalue weighted by Gasteiger charge is -2.57. The number of aliphatic hydroxyl groups excluding tert-OH is 1. The van der Waals surface area contributed by atoms with Crippen molar-refractivity contribution in [3.05, 3.63) is 0 Å². The highest BCUT2D eigenvalue weighted by atomic mass is 19.3. The van der Waals surface area contributed by atoms with E-state index in [1.54, 1.807) is 0 Å². The molecule has 4 aliphatic rings. The average molecular weight is 434 g/mol. The van der Waals surface area contributed by atoms with Gasteiger partial charge in [0.2, 0.25) is 0 Å². The number of ether oxygens (including phenoxy) is 4. The minimum Gasteiger partial charge on any atom is -0.467 e. The van der Waals surface area contributed by atoms with E-state index in [-0.39, 0.29) is 37.6 Å². The number of methoxy groups -OCH3 is 1. The highest BCUT2D eigenvalue weighted by Gasteiger charge is 2.60. The predicted octanol–water partition coefficient (Wildman–Crippen LogP) is 1.47. The van der Waals surface area contributed by atoms with Gasteiger partial charge in [0.05, 0.1) is 19.1 Å². The monoisotopic (exact) mass is 434 g/mol. The Bertz CT molecular complexity index is 660. The Labute approximate surface area is 173 Å². The van der Waals surface area contributed by atoms with Gasteiger partial charge in [-0.15, -0.1) is 0 Å². The second kappa shape index (κ2) is 8.74. The fourth-order valence-corrected chi connectivity index (χ4v) is 5.36. The van der Waals surface area contributed by atoms with E-state index in [0.29, 0.717) is 26.2 Å². The maximum atomic E-state index is 13.3. The fraction of sp³-hybridized carbons (Fsp3) is 0.850. The third-order valence-corrected chi connectivity index (χ3v) is 6.39. The quantitative estimate of drug-likeness (QED) is 0.429. The Morgan fingerprint density at radius 3 is 2.33 bits per heavy atom. The topological polar surface area (TPSA) is 108 Å². The van der Waals surface area contributed by atoms with Crippen LogP contribution in [0.15, 0.2) is 0 Å². The number of aliphatic hydroxyl groups is 1. The summed E-state index contributed by atoms with van der Waals surface area (Å²) in [6.07, 6.45) is 1.28. The van der Waals surface area contributed by atoms with Crippen LogP contribution in [0.1, 0.15) is 39.0 Å². The molecule has 0 amide bonds. The molecule has 30 heavy (non-hydrogen) atoms. The van der Waals surface area contributed by atoms with Crippen molar-refractivity contribution in [1.29, 1.82) is 0 Å². The van der Waals surface area contributed by atoms with Gasteiger partial charge in [-0.25, -0.2) is 9.59 Å². The van der Waals surface area contributed by atoms with Crippen LogP contribution in [-0.2, 0) is 33.3 Å². The van der Waals surface area contributed by atoms with Crippen LogP contribution in [0.5, 0.6) is 0 Å². The van der Waals surface area contributed by atoms with E-state index in [9.17, 15) is 28.3 Å². The molecular weight excluding hydrogens is 406 g/mol. The molecule has 4 aliphatic carbocycles. The summed E-state index contributed by atoms with van der Waals surface area (Å²) in [5.41, 5.74) is -0.735. The summed E-state index contributed by atoms with van der Waals surface area (Å²) >= 11 is 0. The van der Waals surface area contributed by atoms with Crippen LogP contribution in [-0.4, -0.2) is 68.1 Å². The molecule has 4 saturated carbocycles. The molecule has 8 nitrogen and oxygen atoms in total. The zero-order valence-electron chi connectivity index (χ0n) is 17.1. The normalized spacial score (nSPS) is 33.1. The number of hydrogen-bond acceptors (Lipinski definition) is 8. The van der Waals surface area contributed by atoms with Crippen molar-refractivity contribution >= 4 is 17.9 Å². The van der Waals surface area contributed by atoms with Crippen molar-refractivity contribution in [1.82, 2.24) is 0 Å². The Hall–Kier alpha value is -1.81. The molecule has 4 bridgehead atoms. The summed E-state index contributed by atoms with van der Waals surface area (Å²) in [6.45, 7) is -0.257. The molecule has 0 saturated heterocycles. The van der Waals surface area contributed by atoms with Gasteiger partial charge in [-0.1, -0.05) is 0 Å². The molecule has 10 heteroatoms. The highest BCUT2D eigenvalue weighted by molar-refractivity contribution is 5.78. The van der Waals surface area contributed by atoms with E-state index < -0.39 is 41.5 Å². The first-order valence-electron chi connectivity index (χ1n) is 10.1. The maximum Gasteiger partial charge on any atom is 0.376 e. The predicted molar refractivity (Wildman–Crippen MR) is 96.3 cm³/mol. The minimum atomic E-state index is -3.54. The summed E-state index contributed by atoms with van der Waals surface area (Å²) in [6, 6.07) is 0. The van der Waals surface area contributed by atoms with Crippen LogP contribution in [0.4, 0.5) is 8.78 Å². The Balaban J connectivity index is 1.53. The SMILES string of the molecule is COC(=O)COCC(O)COC(=O)C12CC3CC(C1)C(OC(=O)C(C)(F)F)C(C3)C2. The van der Waals surface area contributed by atoms with Gasteiger partial charge in [-0.05, 0) is 49.9 Å². The number of esters is 3. The van der Waals surface area contributed by atoms with Crippen LogP contribution >= 0.6 is 0 Å². The smallest absolute Gasteiger partial charge is 0.376 e. The number of alkyl halides is 2. The molecule has 4 rings (SSSR count). The van der Waals surface area contributed by atoms with Gasteiger partial charge >= 0.3 is 23.8 Å². The Kier molecular flexibility index (Phi) is 6.66. The zero-order valence-corrected chi connectivity index (χ0v) is 17.1. The summed E-state index contributed by atoms with van der Waals surface area (Å²) in [5.74, 6) is -6.11. The summed E-state index contributed by atoms with van der Waals surface area (Å²) in [7, 11) is 1.22. The van der Waals surface area contributed by atoms with Crippen LogP contribution in [0.2, 0.25) is 0 Å². The van der Waals surface area contributed by atoms with Gasteiger partial charge in [-0.2, -0.15) is 8.78 Å². The first kappa shape index (κ1) is 22.9. The van der Waals surface area contributed by atoms with E-state index in [1.807, 2.05) is 0 Å². The fourth-order valence-electron chi connectivity index (χ4n) is 5.36. The second-order valence-electron chi connectivity index (χ2n) is 8.85. The van der Waals surface area contributed by atoms with Crippen molar-refractivity contribution in [2.45, 2.75) is 57.2 Å². The first-order chi connectivity index (χ1) is 14.0. The summed E-state index contributed by atoms with van der Waals surface area (Å²) in [5, 5.41) is 9.90. The molecule has 3 unspecified atom stereocenters. The van der Waals surface area contributed by atoms with Crippen LogP contribution in [0.25, 0.3) is 0 Å². The van der Waals surface area contributed by atoms with Gasteiger partial charge in [0, 0.05) is 6.92 Å². The highest BCUT2D eigenvalue weighted by Crippen LogP contribution is 2.61. The van der Waals surface area contributed by atoms with Crippen molar-refractivity contribution < 1.29 is 47.2 Å². The number of rotatable bonds is 9.